The van der Waals surface area contributed by atoms with Gasteiger partial charge in [-0.05, 0) is 43.7 Å². The second kappa shape index (κ2) is 10.8. The lowest BCUT2D eigenvalue weighted by Crippen LogP contribution is -2.41. The Balaban J connectivity index is 1.80. The lowest BCUT2D eigenvalue weighted by atomic mass is 9.66. The quantitative estimate of drug-likeness (QED) is 0.454. The minimum atomic E-state index is -0.487. The summed E-state index contributed by atoms with van der Waals surface area (Å²) in [5, 5.41) is 0. The summed E-state index contributed by atoms with van der Waals surface area (Å²) in [6.45, 7) is 6.77. The van der Waals surface area contributed by atoms with Crippen LogP contribution in [-0.2, 0) is 14.3 Å². The smallest absolute Gasteiger partial charge is 0.336 e. The maximum absolute atomic E-state index is 13.7. The summed E-state index contributed by atoms with van der Waals surface area (Å²) in [4.78, 5) is 31.8. The van der Waals surface area contributed by atoms with E-state index in [-0.39, 0.29) is 11.7 Å². The normalized spacial score (nSPS) is 22.1. The number of benzene rings is 2. The van der Waals surface area contributed by atoms with Crippen molar-refractivity contribution >= 4 is 17.5 Å². The number of Topliss-reactive ketones (excluding diaryl/α,β-unsaturated/α-hetero) is 1. The first-order valence-electron chi connectivity index (χ1n) is 12.3. The SMILES string of the molecule is CCCOC(=O)C1=C(C)N=C2C[C@@H](c3ccccc3)CC(=O)C2[C@H]1c1ccccc1OCCC. The molecule has 1 aliphatic heterocycles. The fourth-order valence-electron chi connectivity index (χ4n) is 5.09. The number of para-hydroxylation sites is 1. The van der Waals surface area contributed by atoms with Gasteiger partial charge in [0.05, 0.1) is 24.7 Å². The second-order valence-corrected chi connectivity index (χ2v) is 9.06. The first kappa shape index (κ1) is 23.9. The van der Waals surface area contributed by atoms with Crippen LogP contribution in [0.15, 0.2) is 70.9 Å². The number of ketones is 1. The molecule has 0 spiro atoms. The van der Waals surface area contributed by atoms with Gasteiger partial charge in [0.1, 0.15) is 11.5 Å². The topological polar surface area (TPSA) is 65.0 Å². The fraction of sp³-hybridized carbons (Fsp3) is 0.414. The molecule has 0 amide bonds. The summed E-state index contributed by atoms with van der Waals surface area (Å²) in [6, 6.07) is 17.9. The highest BCUT2D eigenvalue weighted by Crippen LogP contribution is 2.48. The van der Waals surface area contributed by atoms with Gasteiger partial charge in [0.15, 0.2) is 0 Å². The number of rotatable bonds is 8. The van der Waals surface area contributed by atoms with Gasteiger partial charge in [-0.15, -0.1) is 0 Å². The van der Waals surface area contributed by atoms with Gasteiger partial charge in [-0.3, -0.25) is 9.79 Å². The number of fused-ring (bicyclic) bond motifs is 1. The highest BCUT2D eigenvalue weighted by atomic mass is 16.5. The van der Waals surface area contributed by atoms with E-state index in [1.54, 1.807) is 0 Å². The molecule has 1 unspecified atom stereocenters. The number of carbonyl (C=O) groups excluding carboxylic acids is 2. The predicted octanol–water partition coefficient (Wildman–Crippen LogP) is 6.00. The van der Waals surface area contributed by atoms with Crippen molar-refractivity contribution in [2.75, 3.05) is 13.2 Å². The van der Waals surface area contributed by atoms with Gasteiger partial charge < -0.3 is 9.47 Å². The number of aliphatic imine (C=N–C) groups is 1. The zero-order chi connectivity index (χ0) is 24.1. The van der Waals surface area contributed by atoms with Crippen molar-refractivity contribution in [3.05, 3.63) is 77.0 Å². The van der Waals surface area contributed by atoms with Crippen LogP contribution in [0.2, 0.25) is 0 Å². The fourth-order valence-corrected chi connectivity index (χ4v) is 5.09. The first-order valence-corrected chi connectivity index (χ1v) is 12.3. The summed E-state index contributed by atoms with van der Waals surface area (Å²) in [6.07, 6.45) is 2.73. The van der Waals surface area contributed by atoms with Gasteiger partial charge in [-0.2, -0.15) is 0 Å². The Morgan fingerprint density at radius 3 is 2.38 bits per heavy atom. The maximum Gasteiger partial charge on any atom is 0.336 e. The van der Waals surface area contributed by atoms with Crippen LogP contribution in [0.25, 0.3) is 0 Å². The molecular weight excluding hydrogens is 426 g/mol. The monoisotopic (exact) mass is 459 g/mol. The highest BCUT2D eigenvalue weighted by molar-refractivity contribution is 6.12. The molecule has 5 nitrogen and oxygen atoms in total. The Hall–Kier alpha value is -3.21. The van der Waals surface area contributed by atoms with E-state index in [1.807, 2.05) is 56.3 Å². The average Bonchev–Trinajstić information content (AvgIpc) is 2.85. The van der Waals surface area contributed by atoms with Gasteiger partial charge in [-0.25, -0.2) is 4.79 Å². The van der Waals surface area contributed by atoms with Gasteiger partial charge in [0, 0.05) is 29.3 Å². The Bertz CT molecular complexity index is 1100. The third kappa shape index (κ3) is 4.84. The second-order valence-electron chi connectivity index (χ2n) is 9.06. The van der Waals surface area contributed by atoms with Gasteiger partial charge in [-0.1, -0.05) is 62.4 Å². The molecule has 1 saturated carbocycles. The van der Waals surface area contributed by atoms with E-state index in [1.165, 1.54) is 0 Å². The molecule has 3 atom stereocenters. The molecule has 0 N–H and O–H groups in total. The van der Waals surface area contributed by atoms with E-state index in [0.717, 1.165) is 29.7 Å². The number of hydrogen-bond donors (Lipinski definition) is 0. The molecule has 2 aromatic rings. The van der Waals surface area contributed by atoms with Crippen LogP contribution in [0.1, 0.15) is 69.4 Å². The molecule has 2 aromatic carbocycles. The lowest BCUT2D eigenvalue weighted by molar-refractivity contribution is -0.139. The minimum absolute atomic E-state index is 0.0947. The Labute approximate surface area is 201 Å². The number of esters is 1. The maximum atomic E-state index is 13.7. The van der Waals surface area contributed by atoms with Crippen LogP contribution in [0.3, 0.4) is 0 Å². The number of carbonyl (C=O) groups is 2. The van der Waals surface area contributed by atoms with Crippen molar-refractivity contribution in [2.24, 2.45) is 10.9 Å². The van der Waals surface area contributed by atoms with Crippen LogP contribution in [0.5, 0.6) is 5.75 Å². The molecule has 4 rings (SSSR count). The number of nitrogens with zero attached hydrogens (tertiary/aromatic N) is 1. The van der Waals surface area contributed by atoms with Crippen LogP contribution < -0.4 is 4.74 Å². The lowest BCUT2D eigenvalue weighted by Gasteiger charge is -2.38. The third-order valence-corrected chi connectivity index (χ3v) is 6.60. The molecule has 2 aliphatic rings. The van der Waals surface area contributed by atoms with Crippen LogP contribution in [0, 0.1) is 5.92 Å². The summed E-state index contributed by atoms with van der Waals surface area (Å²) >= 11 is 0. The largest absolute Gasteiger partial charge is 0.493 e. The van der Waals surface area contributed by atoms with Crippen LogP contribution in [0.4, 0.5) is 0 Å². The molecule has 34 heavy (non-hydrogen) atoms. The molecule has 0 bridgehead atoms. The van der Waals surface area contributed by atoms with E-state index >= 15 is 0 Å². The summed E-state index contributed by atoms with van der Waals surface area (Å²) in [5.74, 6) is -0.425. The van der Waals surface area contributed by atoms with E-state index in [4.69, 9.17) is 14.5 Å². The minimum Gasteiger partial charge on any atom is -0.493 e. The molecule has 0 aromatic heterocycles. The molecule has 178 valence electrons. The Kier molecular flexibility index (Phi) is 7.61. The Morgan fingerprint density at radius 2 is 1.65 bits per heavy atom. The molecule has 1 heterocycles. The van der Waals surface area contributed by atoms with Gasteiger partial charge in [0.2, 0.25) is 0 Å². The van der Waals surface area contributed by atoms with Crippen molar-refractivity contribution in [2.45, 2.75) is 58.3 Å². The summed E-state index contributed by atoms with van der Waals surface area (Å²) in [5.41, 5.74) is 3.95. The van der Waals surface area contributed by atoms with Crippen LogP contribution in [-0.4, -0.2) is 30.7 Å². The third-order valence-electron chi connectivity index (χ3n) is 6.60. The molecule has 1 aliphatic carbocycles. The summed E-state index contributed by atoms with van der Waals surface area (Å²) < 4.78 is 11.6. The van der Waals surface area contributed by atoms with Crippen LogP contribution >= 0.6 is 0 Å². The van der Waals surface area contributed by atoms with Crippen molar-refractivity contribution in [3.63, 3.8) is 0 Å². The molecule has 0 saturated heterocycles. The molecule has 5 heteroatoms. The van der Waals surface area contributed by atoms with Gasteiger partial charge in [0.25, 0.3) is 0 Å². The predicted molar refractivity (Wildman–Crippen MR) is 133 cm³/mol. The van der Waals surface area contributed by atoms with Crippen molar-refractivity contribution < 1.29 is 19.1 Å². The zero-order valence-corrected chi connectivity index (χ0v) is 20.3. The number of ether oxygens (including phenoxy) is 2. The van der Waals surface area contributed by atoms with Gasteiger partial charge >= 0.3 is 5.97 Å². The standard InChI is InChI=1S/C29H33NO4/c1-4-15-33-25-14-10-9-13-22(25)27-26(29(32)34-16-5-2)19(3)30-23-17-21(18-24(31)28(23)27)20-11-7-6-8-12-20/h6-14,21,27-28H,4-5,15-18H2,1-3H3/t21-,27+,28?/m1/s1. The Morgan fingerprint density at radius 1 is 0.941 bits per heavy atom. The molecular formula is C29H33NO4. The summed E-state index contributed by atoms with van der Waals surface area (Å²) in [7, 11) is 0. The zero-order valence-electron chi connectivity index (χ0n) is 20.3. The molecule has 1 fully saturated rings. The van der Waals surface area contributed by atoms with E-state index in [2.05, 4.69) is 19.1 Å². The molecule has 0 radical (unpaired) electrons. The first-order chi connectivity index (χ1) is 16.5. The van der Waals surface area contributed by atoms with E-state index in [0.29, 0.717) is 43.1 Å². The van der Waals surface area contributed by atoms with E-state index in [9.17, 15) is 9.59 Å². The highest BCUT2D eigenvalue weighted by Gasteiger charge is 2.46. The van der Waals surface area contributed by atoms with E-state index < -0.39 is 17.8 Å². The number of hydrogen-bond acceptors (Lipinski definition) is 5. The average molecular weight is 460 g/mol. The van der Waals surface area contributed by atoms with Crippen molar-refractivity contribution in [1.82, 2.24) is 0 Å². The van der Waals surface area contributed by atoms with Crippen molar-refractivity contribution in [1.29, 1.82) is 0 Å². The number of allylic oxidation sites excluding steroid dienone is 1. The van der Waals surface area contributed by atoms with Crippen molar-refractivity contribution in [3.8, 4) is 5.75 Å².